The lowest BCUT2D eigenvalue weighted by Gasteiger charge is -2.26. The number of anilines is 4. The zero-order chi connectivity index (χ0) is 29.0. The van der Waals surface area contributed by atoms with Crippen molar-refractivity contribution in [3.8, 4) is 17.2 Å². The number of nitrogens with one attached hydrogen (secondary N) is 1. The van der Waals surface area contributed by atoms with Crippen molar-refractivity contribution in [3.63, 3.8) is 0 Å². The zero-order valence-electron chi connectivity index (χ0n) is 23.5. The van der Waals surface area contributed by atoms with Gasteiger partial charge in [0.15, 0.2) is 11.8 Å². The number of nitrogens with zero attached hydrogens (tertiary/aromatic N) is 2. The summed E-state index contributed by atoms with van der Waals surface area (Å²) in [6.07, 6.45) is -0.222. The number of para-hydroxylation sites is 4. The first-order chi connectivity index (χ1) is 21.8. The Balaban J connectivity index is 1.11. The van der Waals surface area contributed by atoms with Crippen LogP contribution in [0.3, 0.4) is 0 Å². The van der Waals surface area contributed by atoms with Crippen molar-refractivity contribution in [1.29, 1.82) is 0 Å². The molecule has 2 aromatic heterocycles. The Morgan fingerprint density at radius 2 is 1.34 bits per heavy atom. The molecule has 6 aromatic carbocycles. The highest BCUT2D eigenvalue weighted by molar-refractivity contribution is 7.25. The summed E-state index contributed by atoms with van der Waals surface area (Å²) in [5.74, 6) is 1.49. The van der Waals surface area contributed by atoms with E-state index in [9.17, 15) is 0 Å². The fourth-order valence-electron chi connectivity index (χ4n) is 5.99. The highest BCUT2D eigenvalue weighted by Gasteiger charge is 2.23. The smallest absolute Gasteiger partial charge is 0.227 e. The van der Waals surface area contributed by atoms with Gasteiger partial charge in [0.2, 0.25) is 5.89 Å². The summed E-state index contributed by atoms with van der Waals surface area (Å²) in [4.78, 5) is 6.99. The molecular weight excluding hydrogens is 563 g/mol. The molecular formula is C38H25N3O2S. The van der Waals surface area contributed by atoms with Crippen molar-refractivity contribution in [2.24, 2.45) is 0 Å². The molecule has 8 aromatic rings. The van der Waals surface area contributed by atoms with E-state index in [1.807, 2.05) is 59.9 Å². The lowest BCUT2D eigenvalue weighted by atomic mass is 10.1. The van der Waals surface area contributed by atoms with E-state index in [1.54, 1.807) is 0 Å². The molecule has 0 aliphatic carbocycles. The summed E-state index contributed by atoms with van der Waals surface area (Å²) in [6.45, 7) is 0. The summed E-state index contributed by atoms with van der Waals surface area (Å²) in [5.41, 5.74) is 7.84. The summed E-state index contributed by atoms with van der Waals surface area (Å²) in [6, 6.07) is 48.2. The van der Waals surface area contributed by atoms with Crippen molar-refractivity contribution < 1.29 is 9.15 Å². The molecule has 1 atom stereocenters. The number of hydrogen-bond acceptors (Lipinski definition) is 6. The van der Waals surface area contributed by atoms with E-state index < -0.39 is 0 Å². The fraction of sp³-hybridized carbons (Fsp3) is 0.0263. The van der Waals surface area contributed by atoms with Crippen LogP contribution in [0.25, 0.3) is 42.7 Å². The first kappa shape index (κ1) is 25.0. The number of ether oxygens (including phenoxy) is 1. The normalized spacial score (nSPS) is 14.0. The average molecular weight is 588 g/mol. The highest BCUT2D eigenvalue weighted by Crippen LogP contribution is 2.42. The Kier molecular flexibility index (Phi) is 5.67. The van der Waals surface area contributed by atoms with Gasteiger partial charge in [-0.25, -0.2) is 4.98 Å². The maximum absolute atomic E-state index is 6.18. The quantitative estimate of drug-likeness (QED) is 0.217. The topological polar surface area (TPSA) is 50.5 Å². The van der Waals surface area contributed by atoms with Crippen LogP contribution in [0.2, 0.25) is 0 Å². The van der Waals surface area contributed by atoms with Crippen LogP contribution in [-0.4, -0.2) is 4.98 Å². The van der Waals surface area contributed by atoms with E-state index in [1.165, 1.54) is 20.2 Å². The minimum Gasteiger partial charge on any atom is -0.464 e. The fourth-order valence-corrected chi connectivity index (χ4v) is 7.12. The molecule has 1 N–H and O–H groups in total. The molecule has 1 unspecified atom stereocenters. The zero-order valence-corrected chi connectivity index (χ0v) is 24.3. The predicted molar refractivity (Wildman–Crippen MR) is 180 cm³/mol. The molecule has 210 valence electrons. The Bertz CT molecular complexity index is 2250. The van der Waals surface area contributed by atoms with Crippen molar-refractivity contribution in [2.45, 2.75) is 6.23 Å². The van der Waals surface area contributed by atoms with Gasteiger partial charge in [0.1, 0.15) is 11.3 Å². The van der Waals surface area contributed by atoms with Crippen LogP contribution in [-0.2, 0) is 0 Å². The molecule has 0 radical (unpaired) electrons. The predicted octanol–water partition coefficient (Wildman–Crippen LogP) is 10.8. The van der Waals surface area contributed by atoms with Crippen molar-refractivity contribution in [1.82, 2.24) is 4.98 Å². The van der Waals surface area contributed by atoms with Gasteiger partial charge < -0.3 is 19.4 Å². The molecule has 0 saturated heterocycles. The molecule has 0 spiro atoms. The van der Waals surface area contributed by atoms with Crippen LogP contribution < -0.4 is 15.0 Å². The number of thiophene rings is 1. The Morgan fingerprint density at radius 3 is 2.18 bits per heavy atom. The van der Waals surface area contributed by atoms with Crippen LogP contribution >= 0.6 is 11.3 Å². The Morgan fingerprint density at radius 1 is 0.636 bits per heavy atom. The van der Waals surface area contributed by atoms with E-state index in [0.717, 1.165) is 50.7 Å². The third-order valence-electron chi connectivity index (χ3n) is 8.16. The Hall–Kier alpha value is -5.59. The van der Waals surface area contributed by atoms with E-state index >= 15 is 0 Å². The van der Waals surface area contributed by atoms with Gasteiger partial charge in [-0.3, -0.25) is 0 Å². The van der Waals surface area contributed by atoms with Crippen LogP contribution in [0.5, 0.6) is 5.75 Å². The monoisotopic (exact) mass is 587 g/mol. The first-order valence-corrected chi connectivity index (χ1v) is 15.4. The summed E-state index contributed by atoms with van der Waals surface area (Å²) < 4.78 is 14.8. The maximum atomic E-state index is 6.18. The van der Waals surface area contributed by atoms with Crippen molar-refractivity contribution in [3.05, 3.63) is 145 Å². The average Bonchev–Trinajstić information content (AvgIpc) is 3.80. The number of aromatic nitrogens is 1. The highest BCUT2D eigenvalue weighted by atomic mass is 32.1. The Labute approximate surface area is 257 Å². The molecule has 9 rings (SSSR count). The third-order valence-corrected chi connectivity index (χ3v) is 9.29. The second-order valence-corrected chi connectivity index (χ2v) is 12.0. The second-order valence-electron chi connectivity index (χ2n) is 10.9. The van der Waals surface area contributed by atoms with Gasteiger partial charge in [-0.1, -0.05) is 60.7 Å². The van der Waals surface area contributed by atoms with Crippen LogP contribution in [0, 0.1) is 0 Å². The lowest BCUT2D eigenvalue weighted by Crippen LogP contribution is -2.12. The van der Waals surface area contributed by atoms with Gasteiger partial charge in [-0.05, 0) is 78.9 Å². The van der Waals surface area contributed by atoms with E-state index in [-0.39, 0.29) is 6.23 Å². The molecule has 44 heavy (non-hydrogen) atoms. The number of fused-ring (bicyclic) bond motifs is 5. The maximum Gasteiger partial charge on any atom is 0.227 e. The third kappa shape index (κ3) is 4.19. The van der Waals surface area contributed by atoms with E-state index in [2.05, 4.69) is 101 Å². The minimum absolute atomic E-state index is 0.222. The summed E-state index contributed by atoms with van der Waals surface area (Å²) >= 11 is 1.83. The van der Waals surface area contributed by atoms with Crippen LogP contribution in [0.15, 0.2) is 144 Å². The van der Waals surface area contributed by atoms with Gasteiger partial charge in [0.25, 0.3) is 0 Å². The number of rotatable bonds is 5. The van der Waals surface area contributed by atoms with E-state index in [4.69, 9.17) is 14.1 Å². The van der Waals surface area contributed by atoms with Gasteiger partial charge >= 0.3 is 0 Å². The second kappa shape index (κ2) is 10.0. The molecule has 0 amide bonds. The molecule has 6 heteroatoms. The molecule has 1 aliphatic heterocycles. The van der Waals surface area contributed by atoms with Gasteiger partial charge in [-0.2, -0.15) is 0 Å². The molecule has 0 bridgehead atoms. The largest absolute Gasteiger partial charge is 0.464 e. The minimum atomic E-state index is -0.222. The summed E-state index contributed by atoms with van der Waals surface area (Å²) in [7, 11) is 0. The van der Waals surface area contributed by atoms with Crippen LogP contribution in [0.1, 0.15) is 11.8 Å². The molecule has 0 fully saturated rings. The van der Waals surface area contributed by atoms with Crippen molar-refractivity contribution >= 4 is 65.4 Å². The number of benzene rings is 6. The first-order valence-electron chi connectivity index (χ1n) is 14.6. The summed E-state index contributed by atoms with van der Waals surface area (Å²) in [5, 5.41) is 6.05. The SMILES string of the molecule is c1ccc2c(c1)NC(c1ccc(N(c3ccc(-c4nc5ccccc5o4)cc3)c3ccc4c(c3)sc3ccccc34)cc1)O2. The standard InChI is InChI=1S/C38H25N3O2S/c1-6-12-35-29(7-1)30-22-21-28(23-36(30)44-35)41(26-17-13-24(14-18-26)37-39-31-8-2-4-10-33(31)42-37)27-19-15-25(16-20-27)38-40-32-9-3-5-11-34(32)43-38/h1-23,37,39H. The molecule has 3 heterocycles. The van der Waals surface area contributed by atoms with Gasteiger partial charge in [0, 0.05) is 48.4 Å². The van der Waals surface area contributed by atoms with Gasteiger partial charge in [0.05, 0.1) is 5.69 Å². The molecule has 0 saturated carbocycles. The van der Waals surface area contributed by atoms with E-state index in [0.29, 0.717) is 5.89 Å². The lowest BCUT2D eigenvalue weighted by molar-refractivity contribution is 0.260. The van der Waals surface area contributed by atoms with Crippen LogP contribution in [0.4, 0.5) is 22.7 Å². The number of hydrogen-bond donors (Lipinski definition) is 1. The van der Waals surface area contributed by atoms with Gasteiger partial charge in [-0.15, -0.1) is 11.3 Å². The number of oxazole rings is 1. The van der Waals surface area contributed by atoms with Crippen molar-refractivity contribution in [2.75, 3.05) is 10.2 Å². The molecule has 5 nitrogen and oxygen atoms in total. The molecule has 1 aliphatic rings.